The van der Waals surface area contributed by atoms with E-state index in [9.17, 15) is 33.9 Å². The molecule has 0 spiro atoms. The molecular formula is C37H31BrN2O8. The van der Waals surface area contributed by atoms with Crippen molar-refractivity contribution in [2.45, 2.75) is 32.6 Å². The Kier molecular flexibility index (Phi) is 7.70. The molecule has 0 bridgehead atoms. The van der Waals surface area contributed by atoms with E-state index in [0.29, 0.717) is 32.5 Å². The Balaban J connectivity index is 1.33. The van der Waals surface area contributed by atoms with Crippen molar-refractivity contribution in [1.82, 2.24) is 0 Å². The zero-order valence-corrected chi connectivity index (χ0v) is 27.9. The van der Waals surface area contributed by atoms with Gasteiger partial charge in [0.2, 0.25) is 23.6 Å². The van der Waals surface area contributed by atoms with E-state index in [-0.39, 0.29) is 47.7 Å². The number of ether oxygens (including phenoxy) is 1. The van der Waals surface area contributed by atoms with Gasteiger partial charge in [0.15, 0.2) is 23.1 Å². The molecule has 244 valence electrons. The van der Waals surface area contributed by atoms with Crippen molar-refractivity contribution in [1.29, 1.82) is 0 Å². The van der Waals surface area contributed by atoms with Gasteiger partial charge in [-0.1, -0.05) is 11.6 Å². The number of Topliss-reactive ketones (excluding diaryl/α,β-unsaturated/α-hetero) is 2. The minimum Gasteiger partial charge on any atom is -0.503 e. The summed E-state index contributed by atoms with van der Waals surface area (Å²) in [6.07, 6.45) is 2.40. The molecule has 3 fully saturated rings. The van der Waals surface area contributed by atoms with Crippen LogP contribution in [-0.2, 0) is 19.2 Å². The number of carbonyl (C=O) groups is 6. The number of ketones is 2. The summed E-state index contributed by atoms with van der Waals surface area (Å²) in [5, 5.41) is 10.6. The maximum atomic E-state index is 14.4. The number of phenolic OH excluding ortho intramolecular Hbond substituents is 1. The van der Waals surface area contributed by atoms with Crippen LogP contribution in [0.5, 0.6) is 11.5 Å². The highest BCUT2D eigenvalue weighted by Crippen LogP contribution is 2.59. The van der Waals surface area contributed by atoms with Crippen LogP contribution in [0.25, 0.3) is 0 Å². The summed E-state index contributed by atoms with van der Waals surface area (Å²) in [5.74, 6) is -6.00. The van der Waals surface area contributed by atoms with E-state index >= 15 is 0 Å². The minimum absolute atomic E-state index is 0.119. The molecule has 0 radical (unpaired) electrons. The van der Waals surface area contributed by atoms with E-state index in [0.717, 1.165) is 5.57 Å². The standard InChI is InChI=1S/C37H31BrN2O8/c1-17(41)19-4-8-22(9-5-19)39-34(44)25-13-12-24-26(31(25)36(39)46)16-27-32(30(24)21-14-28(38)33(43)29(15-21)48-3)37(47)40(35(27)45)23-10-6-20(7-11-23)18(2)42/h4-12,14-15,25-27,30-32,43H,13,16H2,1-3H3/t25-,26+,27+,30-,31-,32+/m0/s1. The fourth-order valence-corrected chi connectivity index (χ4v) is 8.55. The van der Waals surface area contributed by atoms with Gasteiger partial charge in [0.05, 0.1) is 46.6 Å². The number of rotatable bonds is 6. The van der Waals surface area contributed by atoms with Gasteiger partial charge >= 0.3 is 0 Å². The molecule has 3 aromatic carbocycles. The Morgan fingerprint density at radius 1 is 0.750 bits per heavy atom. The molecule has 2 heterocycles. The predicted molar refractivity (Wildman–Crippen MR) is 178 cm³/mol. The maximum Gasteiger partial charge on any atom is 0.238 e. The lowest BCUT2D eigenvalue weighted by Crippen LogP contribution is -2.43. The van der Waals surface area contributed by atoms with E-state index in [2.05, 4.69) is 15.9 Å². The number of aromatic hydroxyl groups is 1. The summed E-state index contributed by atoms with van der Waals surface area (Å²) in [6, 6.07) is 16.0. The van der Waals surface area contributed by atoms with E-state index in [1.54, 1.807) is 60.7 Å². The second kappa shape index (κ2) is 11.7. The number of hydrogen-bond acceptors (Lipinski definition) is 8. The van der Waals surface area contributed by atoms with Gasteiger partial charge in [-0.15, -0.1) is 0 Å². The second-order valence-electron chi connectivity index (χ2n) is 12.8. The minimum atomic E-state index is -0.826. The van der Waals surface area contributed by atoms with Gasteiger partial charge in [0.1, 0.15) is 0 Å². The summed E-state index contributed by atoms with van der Waals surface area (Å²) in [5.41, 5.74) is 3.03. The molecular weight excluding hydrogens is 680 g/mol. The molecule has 1 saturated carbocycles. The molecule has 2 aliphatic heterocycles. The molecule has 3 aromatic rings. The summed E-state index contributed by atoms with van der Waals surface area (Å²) < 4.78 is 5.78. The van der Waals surface area contributed by atoms with E-state index in [4.69, 9.17) is 4.74 Å². The van der Waals surface area contributed by atoms with Crippen LogP contribution in [0.1, 0.15) is 58.9 Å². The van der Waals surface area contributed by atoms with Gasteiger partial charge < -0.3 is 9.84 Å². The number of allylic oxidation sites excluding steroid dienone is 2. The second-order valence-corrected chi connectivity index (χ2v) is 13.7. The molecule has 0 unspecified atom stereocenters. The number of anilines is 2. The van der Waals surface area contributed by atoms with Crippen molar-refractivity contribution in [3.8, 4) is 11.5 Å². The Morgan fingerprint density at radius 3 is 1.79 bits per heavy atom. The van der Waals surface area contributed by atoms with E-state index in [1.165, 1.54) is 30.8 Å². The lowest BCUT2D eigenvalue weighted by Gasteiger charge is -2.44. The molecule has 11 heteroatoms. The number of amides is 4. The molecule has 48 heavy (non-hydrogen) atoms. The van der Waals surface area contributed by atoms with Gasteiger partial charge in [-0.2, -0.15) is 0 Å². The van der Waals surface area contributed by atoms with Crippen LogP contribution < -0.4 is 14.5 Å². The van der Waals surface area contributed by atoms with Crippen LogP contribution in [0.2, 0.25) is 0 Å². The molecule has 2 aliphatic carbocycles. The third-order valence-electron chi connectivity index (χ3n) is 10.3. The zero-order chi connectivity index (χ0) is 34.2. The molecule has 4 aliphatic rings. The van der Waals surface area contributed by atoms with Crippen LogP contribution in [0, 0.1) is 29.6 Å². The van der Waals surface area contributed by atoms with Crippen molar-refractivity contribution >= 4 is 62.5 Å². The first-order valence-corrected chi connectivity index (χ1v) is 16.5. The monoisotopic (exact) mass is 710 g/mol. The van der Waals surface area contributed by atoms with Crippen LogP contribution in [0.3, 0.4) is 0 Å². The Morgan fingerprint density at radius 2 is 1.27 bits per heavy atom. The first-order chi connectivity index (χ1) is 22.9. The Hall–Kier alpha value is -4.90. The highest BCUT2D eigenvalue weighted by Gasteiger charge is 2.62. The third-order valence-corrected chi connectivity index (χ3v) is 10.9. The van der Waals surface area contributed by atoms with Gasteiger partial charge in [-0.3, -0.25) is 38.6 Å². The fraction of sp³-hybridized carbons (Fsp3) is 0.297. The normalized spacial score (nSPS) is 26.2. The van der Waals surface area contributed by atoms with Crippen molar-refractivity contribution < 1.29 is 38.6 Å². The summed E-state index contributed by atoms with van der Waals surface area (Å²) in [6.45, 7) is 2.87. The first kappa shape index (κ1) is 31.7. The largest absolute Gasteiger partial charge is 0.503 e. The average molecular weight is 712 g/mol. The molecule has 1 N–H and O–H groups in total. The van der Waals surface area contributed by atoms with Crippen molar-refractivity contribution in [2.24, 2.45) is 29.6 Å². The number of fused-ring (bicyclic) bond motifs is 4. The topological polar surface area (TPSA) is 138 Å². The predicted octanol–water partition coefficient (Wildman–Crippen LogP) is 5.61. The highest BCUT2D eigenvalue weighted by molar-refractivity contribution is 9.10. The zero-order valence-electron chi connectivity index (χ0n) is 26.3. The van der Waals surface area contributed by atoms with Crippen LogP contribution in [0.15, 0.2) is 76.8 Å². The van der Waals surface area contributed by atoms with E-state index in [1.807, 2.05) is 6.08 Å². The average Bonchev–Trinajstić information content (AvgIpc) is 3.48. The van der Waals surface area contributed by atoms with Crippen molar-refractivity contribution in [3.05, 3.63) is 93.5 Å². The smallest absolute Gasteiger partial charge is 0.238 e. The maximum absolute atomic E-state index is 14.4. The van der Waals surface area contributed by atoms with Gasteiger partial charge in [0, 0.05) is 17.0 Å². The molecule has 2 saturated heterocycles. The Bertz CT molecular complexity index is 1970. The number of hydrogen-bond donors (Lipinski definition) is 1. The molecule has 7 rings (SSSR count). The molecule has 0 aromatic heterocycles. The number of imide groups is 2. The number of carbonyl (C=O) groups excluding carboxylic acids is 6. The van der Waals surface area contributed by atoms with E-state index < -0.39 is 47.3 Å². The van der Waals surface area contributed by atoms with Crippen molar-refractivity contribution in [3.63, 3.8) is 0 Å². The lowest BCUT2D eigenvalue weighted by atomic mass is 9.57. The SMILES string of the molecule is COc1cc([C@H]2C3=CC[C@@H]4C(=O)N(c5ccc(C(C)=O)cc5)C(=O)[C@@H]4[C@@H]3C[C@H]3C(=O)N(c4ccc(C(C)=O)cc4)C(=O)[C@@H]23)cc(Br)c1O. The van der Waals surface area contributed by atoms with Gasteiger partial charge in [-0.25, -0.2) is 0 Å². The highest BCUT2D eigenvalue weighted by atomic mass is 79.9. The summed E-state index contributed by atoms with van der Waals surface area (Å²) in [7, 11) is 1.42. The summed E-state index contributed by atoms with van der Waals surface area (Å²) >= 11 is 3.40. The number of benzene rings is 3. The number of phenols is 1. The fourth-order valence-electron chi connectivity index (χ4n) is 8.09. The lowest BCUT2D eigenvalue weighted by molar-refractivity contribution is -0.126. The number of methoxy groups -OCH3 is 1. The van der Waals surface area contributed by atoms with Crippen LogP contribution in [0.4, 0.5) is 11.4 Å². The third kappa shape index (κ3) is 4.74. The van der Waals surface area contributed by atoms with Gasteiger partial charge in [-0.05, 0) is 115 Å². The van der Waals surface area contributed by atoms with Crippen LogP contribution in [-0.4, -0.2) is 47.4 Å². The quantitative estimate of drug-likeness (QED) is 0.198. The van der Waals surface area contributed by atoms with Crippen molar-refractivity contribution in [2.75, 3.05) is 16.9 Å². The summed E-state index contributed by atoms with van der Waals surface area (Å²) in [4.78, 5) is 82.7. The van der Waals surface area contributed by atoms with Gasteiger partial charge in [0.25, 0.3) is 0 Å². The first-order valence-electron chi connectivity index (χ1n) is 15.7. The number of nitrogens with zero attached hydrogens (tertiary/aromatic N) is 2. The Labute approximate surface area is 284 Å². The molecule has 10 nitrogen and oxygen atoms in total. The number of halogens is 1. The molecule has 6 atom stereocenters. The molecule has 4 amide bonds. The van der Waals surface area contributed by atoms with Crippen LogP contribution >= 0.6 is 15.9 Å².